The van der Waals surface area contributed by atoms with Crippen LogP contribution in [0.2, 0.25) is 0 Å². The van der Waals surface area contributed by atoms with E-state index in [-0.39, 0.29) is 17.1 Å². The van der Waals surface area contributed by atoms with Gasteiger partial charge in [-0.25, -0.2) is 8.42 Å². The molecule has 8 heteroatoms. The van der Waals surface area contributed by atoms with Gasteiger partial charge in [-0.1, -0.05) is 54.6 Å². The van der Waals surface area contributed by atoms with Crippen LogP contribution in [0, 0.1) is 6.92 Å². The van der Waals surface area contributed by atoms with E-state index in [1.807, 2.05) is 60.7 Å². The molecular weight excluding hydrogens is 488 g/mol. The maximum Gasteiger partial charge on any atom is 0.245 e. The first-order valence-corrected chi connectivity index (χ1v) is 13.2. The fourth-order valence-electron chi connectivity index (χ4n) is 3.74. The molecule has 1 atom stereocenters. The standard InChI is InChI=1S/C29H28N2O5S/c1-21-13-18-27(35-2)28(19-21)37(33,34)31-26(20-22-9-5-3-6-10-22)29(32)30-23-14-16-25(17-15-23)36-24-11-7-4-8-12-24/h3-19,26,31H,20H2,1-2H3,(H,30,32)/t26-/m1/s1. The maximum absolute atomic E-state index is 13.4. The minimum Gasteiger partial charge on any atom is -0.495 e. The number of carbonyl (C=O) groups is 1. The molecule has 0 aliphatic heterocycles. The van der Waals surface area contributed by atoms with Crippen LogP contribution in [0.4, 0.5) is 5.69 Å². The lowest BCUT2D eigenvalue weighted by molar-refractivity contribution is -0.117. The number of rotatable bonds is 10. The highest BCUT2D eigenvalue weighted by molar-refractivity contribution is 7.89. The van der Waals surface area contributed by atoms with Crippen molar-refractivity contribution in [1.29, 1.82) is 0 Å². The Balaban J connectivity index is 1.54. The molecule has 0 aliphatic carbocycles. The Morgan fingerprint density at radius 2 is 1.46 bits per heavy atom. The molecule has 1 amide bonds. The van der Waals surface area contributed by atoms with Crippen LogP contribution >= 0.6 is 0 Å². The van der Waals surface area contributed by atoms with Crippen LogP contribution in [0.3, 0.4) is 0 Å². The van der Waals surface area contributed by atoms with Crippen molar-refractivity contribution in [2.75, 3.05) is 12.4 Å². The molecule has 190 valence electrons. The topological polar surface area (TPSA) is 93.7 Å². The van der Waals surface area contributed by atoms with Gasteiger partial charge in [0.15, 0.2) is 0 Å². The van der Waals surface area contributed by atoms with Gasteiger partial charge in [0, 0.05) is 5.69 Å². The molecule has 0 saturated heterocycles. The lowest BCUT2D eigenvalue weighted by atomic mass is 10.1. The number of carbonyl (C=O) groups excluding carboxylic acids is 1. The van der Waals surface area contributed by atoms with Gasteiger partial charge < -0.3 is 14.8 Å². The monoisotopic (exact) mass is 516 g/mol. The van der Waals surface area contributed by atoms with Crippen molar-refractivity contribution >= 4 is 21.6 Å². The maximum atomic E-state index is 13.4. The second-order valence-corrected chi connectivity index (χ2v) is 10.1. The molecule has 0 heterocycles. The molecule has 4 rings (SSSR count). The smallest absolute Gasteiger partial charge is 0.245 e. The summed E-state index contributed by atoms with van der Waals surface area (Å²) in [5, 5.41) is 2.81. The Morgan fingerprint density at radius 3 is 2.11 bits per heavy atom. The Labute approximate surface area is 217 Å². The van der Waals surface area contributed by atoms with Crippen molar-refractivity contribution in [3.63, 3.8) is 0 Å². The number of hydrogen-bond donors (Lipinski definition) is 2. The van der Waals surface area contributed by atoms with Gasteiger partial charge in [0.25, 0.3) is 0 Å². The zero-order chi connectivity index (χ0) is 26.3. The van der Waals surface area contributed by atoms with E-state index in [2.05, 4.69) is 10.0 Å². The minimum atomic E-state index is -4.08. The Morgan fingerprint density at radius 1 is 0.838 bits per heavy atom. The van der Waals surface area contributed by atoms with Crippen molar-refractivity contribution in [1.82, 2.24) is 4.72 Å². The van der Waals surface area contributed by atoms with E-state index < -0.39 is 22.0 Å². The Kier molecular flexibility index (Phi) is 8.22. The number of anilines is 1. The number of methoxy groups -OCH3 is 1. The summed E-state index contributed by atoms with van der Waals surface area (Å²) in [6.45, 7) is 1.79. The first-order valence-electron chi connectivity index (χ1n) is 11.7. The minimum absolute atomic E-state index is 0.0247. The average Bonchev–Trinajstić information content (AvgIpc) is 2.90. The van der Waals surface area contributed by atoms with E-state index >= 15 is 0 Å². The zero-order valence-electron chi connectivity index (χ0n) is 20.5. The van der Waals surface area contributed by atoms with Crippen LogP contribution in [-0.4, -0.2) is 27.5 Å². The summed E-state index contributed by atoms with van der Waals surface area (Å²) < 4.78 is 40.3. The van der Waals surface area contributed by atoms with Crippen LogP contribution < -0.4 is 19.5 Å². The van der Waals surface area contributed by atoms with E-state index in [0.717, 1.165) is 11.1 Å². The first kappa shape index (κ1) is 25.9. The van der Waals surface area contributed by atoms with Crippen LogP contribution in [-0.2, 0) is 21.2 Å². The van der Waals surface area contributed by atoms with Gasteiger partial charge in [-0.05, 0) is 73.0 Å². The number of benzene rings is 4. The van der Waals surface area contributed by atoms with E-state index in [9.17, 15) is 13.2 Å². The highest BCUT2D eigenvalue weighted by Gasteiger charge is 2.28. The molecule has 0 radical (unpaired) electrons. The molecule has 0 aliphatic rings. The SMILES string of the molecule is COc1ccc(C)cc1S(=O)(=O)N[C@H](Cc1ccccc1)C(=O)Nc1ccc(Oc2ccccc2)cc1. The second-order valence-electron chi connectivity index (χ2n) is 8.45. The highest BCUT2D eigenvalue weighted by Crippen LogP contribution is 2.26. The fraction of sp³-hybridized carbons (Fsp3) is 0.138. The van der Waals surface area contributed by atoms with Crippen LogP contribution in [0.1, 0.15) is 11.1 Å². The molecule has 0 aromatic heterocycles. The molecule has 37 heavy (non-hydrogen) atoms. The molecule has 0 saturated carbocycles. The van der Waals surface area contributed by atoms with Crippen LogP contribution in [0.25, 0.3) is 0 Å². The summed E-state index contributed by atoms with van der Waals surface area (Å²) in [6.07, 6.45) is 0.162. The van der Waals surface area contributed by atoms with Gasteiger partial charge in [0.1, 0.15) is 28.2 Å². The van der Waals surface area contributed by atoms with Gasteiger partial charge in [0.05, 0.1) is 7.11 Å². The van der Waals surface area contributed by atoms with Crippen molar-refractivity contribution in [2.45, 2.75) is 24.3 Å². The second kappa shape index (κ2) is 11.7. The lowest BCUT2D eigenvalue weighted by Gasteiger charge is -2.20. The predicted octanol–water partition coefficient (Wildman–Crippen LogP) is 5.32. The Bertz CT molecular complexity index is 1440. The molecule has 7 nitrogen and oxygen atoms in total. The zero-order valence-corrected chi connectivity index (χ0v) is 21.4. The van der Waals surface area contributed by atoms with E-state index in [1.54, 1.807) is 43.3 Å². The summed E-state index contributed by atoms with van der Waals surface area (Å²) >= 11 is 0. The molecule has 2 N–H and O–H groups in total. The molecule has 0 spiro atoms. The fourth-order valence-corrected chi connectivity index (χ4v) is 5.19. The van der Waals surface area contributed by atoms with Gasteiger partial charge in [-0.3, -0.25) is 4.79 Å². The summed E-state index contributed by atoms with van der Waals surface area (Å²) in [5.74, 6) is 1.02. The number of aryl methyl sites for hydroxylation is 1. The largest absolute Gasteiger partial charge is 0.495 e. The van der Waals surface area contributed by atoms with Crippen molar-refractivity contribution in [3.8, 4) is 17.2 Å². The van der Waals surface area contributed by atoms with Crippen molar-refractivity contribution in [2.24, 2.45) is 0 Å². The van der Waals surface area contributed by atoms with Gasteiger partial charge in [0.2, 0.25) is 15.9 Å². The molecule has 0 fully saturated rings. The normalized spacial score (nSPS) is 11.9. The molecule has 0 unspecified atom stereocenters. The third-order valence-electron chi connectivity index (χ3n) is 5.61. The van der Waals surface area contributed by atoms with Crippen molar-refractivity contribution < 1.29 is 22.7 Å². The average molecular weight is 517 g/mol. The highest BCUT2D eigenvalue weighted by atomic mass is 32.2. The predicted molar refractivity (Wildman–Crippen MR) is 144 cm³/mol. The number of hydrogen-bond acceptors (Lipinski definition) is 5. The van der Waals surface area contributed by atoms with Crippen molar-refractivity contribution in [3.05, 3.63) is 114 Å². The third-order valence-corrected chi connectivity index (χ3v) is 7.10. The van der Waals surface area contributed by atoms with E-state index in [0.29, 0.717) is 17.2 Å². The summed E-state index contributed by atoms with van der Waals surface area (Å²) in [7, 11) is -2.67. The summed E-state index contributed by atoms with van der Waals surface area (Å²) in [6, 6.07) is 29.3. The molecular formula is C29H28N2O5S. The summed E-state index contributed by atoms with van der Waals surface area (Å²) in [5.41, 5.74) is 2.08. The first-order chi connectivity index (χ1) is 17.8. The number of sulfonamides is 1. The molecule has 0 bridgehead atoms. The van der Waals surface area contributed by atoms with Gasteiger partial charge in [-0.2, -0.15) is 4.72 Å². The Hall–Kier alpha value is -4.14. The number of ether oxygens (including phenoxy) is 2. The number of amides is 1. The molecule has 4 aromatic rings. The van der Waals surface area contributed by atoms with Crippen LogP contribution in [0.5, 0.6) is 17.2 Å². The van der Waals surface area contributed by atoms with Gasteiger partial charge >= 0.3 is 0 Å². The number of nitrogens with one attached hydrogen (secondary N) is 2. The van der Waals surface area contributed by atoms with E-state index in [1.165, 1.54) is 13.2 Å². The van der Waals surface area contributed by atoms with E-state index in [4.69, 9.17) is 9.47 Å². The van der Waals surface area contributed by atoms with Crippen LogP contribution in [0.15, 0.2) is 108 Å². The third kappa shape index (κ3) is 6.97. The number of para-hydroxylation sites is 1. The quantitative estimate of drug-likeness (QED) is 0.297. The molecule has 4 aromatic carbocycles. The summed E-state index contributed by atoms with van der Waals surface area (Å²) in [4.78, 5) is 13.3. The lowest BCUT2D eigenvalue weighted by Crippen LogP contribution is -2.45. The van der Waals surface area contributed by atoms with Gasteiger partial charge in [-0.15, -0.1) is 0 Å².